The maximum absolute atomic E-state index is 12.6. The third kappa shape index (κ3) is 6.51. The molecule has 0 aliphatic rings. The third-order valence-electron chi connectivity index (χ3n) is 2.94. The SMILES string of the molecule is O=Cc1cc(CN(CCF)C(=O)OCCCC[Te])ccc1Cl. The second-order valence-corrected chi connectivity index (χ2v) is 6.18. The number of aldehydes is 1. The molecule has 0 unspecified atom stereocenters. The van der Waals surface area contributed by atoms with E-state index in [1.165, 1.54) is 4.90 Å². The quantitative estimate of drug-likeness (QED) is 0.335. The molecule has 4 nitrogen and oxygen atoms in total. The zero-order chi connectivity index (χ0) is 16.4. The van der Waals surface area contributed by atoms with Gasteiger partial charge in [0, 0.05) is 0 Å². The minimum atomic E-state index is -0.654. The molecule has 0 N–H and O–H groups in total. The van der Waals surface area contributed by atoms with Crippen LogP contribution in [-0.2, 0) is 11.3 Å². The number of carbonyl (C=O) groups excluding carboxylic acids is 2. The summed E-state index contributed by atoms with van der Waals surface area (Å²) in [5, 5.41) is 0.346. The molecule has 7 heteroatoms. The van der Waals surface area contributed by atoms with Crippen molar-refractivity contribution in [1.29, 1.82) is 0 Å². The number of benzene rings is 1. The summed E-state index contributed by atoms with van der Waals surface area (Å²) >= 11 is 7.85. The Morgan fingerprint density at radius 2 is 2.18 bits per heavy atom. The van der Waals surface area contributed by atoms with Gasteiger partial charge in [0.15, 0.2) is 0 Å². The first-order chi connectivity index (χ1) is 10.6. The number of carbonyl (C=O) groups is 2. The van der Waals surface area contributed by atoms with Gasteiger partial charge in [-0.05, 0) is 0 Å². The van der Waals surface area contributed by atoms with E-state index in [0.717, 1.165) is 17.3 Å². The normalized spacial score (nSPS) is 10.3. The predicted octanol–water partition coefficient (Wildman–Crippen LogP) is 3.43. The van der Waals surface area contributed by atoms with Gasteiger partial charge in [-0.3, -0.25) is 4.79 Å². The summed E-state index contributed by atoms with van der Waals surface area (Å²) in [5.74, 6) is 0. The van der Waals surface area contributed by atoms with Gasteiger partial charge in [-0.15, -0.1) is 0 Å². The van der Waals surface area contributed by atoms with Crippen molar-refractivity contribution in [1.82, 2.24) is 4.90 Å². The number of halogens is 2. The monoisotopic (exact) mass is 444 g/mol. The Bertz CT molecular complexity index is 502. The Labute approximate surface area is 147 Å². The van der Waals surface area contributed by atoms with E-state index in [2.05, 4.69) is 0 Å². The van der Waals surface area contributed by atoms with E-state index in [4.69, 9.17) is 16.3 Å². The van der Waals surface area contributed by atoms with Crippen molar-refractivity contribution >= 4 is 46.3 Å². The van der Waals surface area contributed by atoms with Gasteiger partial charge < -0.3 is 0 Å². The Morgan fingerprint density at radius 1 is 1.41 bits per heavy atom. The molecule has 1 rings (SSSR count). The Morgan fingerprint density at radius 3 is 2.82 bits per heavy atom. The molecule has 0 saturated heterocycles. The van der Waals surface area contributed by atoms with E-state index in [-0.39, 0.29) is 13.1 Å². The van der Waals surface area contributed by atoms with Gasteiger partial charge >= 0.3 is 132 Å². The first kappa shape index (κ1) is 19.2. The predicted molar refractivity (Wildman–Crippen MR) is 84.4 cm³/mol. The Kier molecular flexibility index (Phi) is 9.45. The number of hydrogen-bond donors (Lipinski definition) is 0. The van der Waals surface area contributed by atoms with Crippen molar-refractivity contribution in [2.24, 2.45) is 0 Å². The number of amides is 1. The molecule has 0 heterocycles. The fourth-order valence-electron chi connectivity index (χ4n) is 1.79. The maximum atomic E-state index is 12.6. The van der Waals surface area contributed by atoms with Gasteiger partial charge in [-0.2, -0.15) is 0 Å². The van der Waals surface area contributed by atoms with Crippen LogP contribution in [0.3, 0.4) is 0 Å². The van der Waals surface area contributed by atoms with E-state index in [1.807, 2.05) is 22.3 Å². The summed E-state index contributed by atoms with van der Waals surface area (Å²) in [7, 11) is 0. The fourth-order valence-corrected chi connectivity index (χ4v) is 2.54. The number of alkyl halides is 1. The minimum absolute atomic E-state index is 0.0494. The molecule has 0 fully saturated rings. The van der Waals surface area contributed by atoms with Gasteiger partial charge in [-0.25, -0.2) is 0 Å². The molecule has 0 aliphatic heterocycles. The number of hydrogen-bond acceptors (Lipinski definition) is 3. The van der Waals surface area contributed by atoms with Crippen LogP contribution in [-0.4, -0.2) is 59.4 Å². The molecule has 0 spiro atoms. The first-order valence-corrected chi connectivity index (χ1v) is 8.94. The second kappa shape index (κ2) is 10.8. The zero-order valence-electron chi connectivity index (χ0n) is 12.1. The molecule has 1 aromatic rings. The molecule has 1 aromatic carbocycles. The minimum Gasteiger partial charge on any atom is -0.0836 e. The van der Waals surface area contributed by atoms with E-state index >= 15 is 0 Å². The van der Waals surface area contributed by atoms with Crippen LogP contribution in [0.2, 0.25) is 9.49 Å². The van der Waals surface area contributed by atoms with E-state index in [0.29, 0.717) is 29.0 Å². The summed E-state index contributed by atoms with van der Waals surface area (Å²) in [5.41, 5.74) is 1.04. The summed E-state index contributed by atoms with van der Waals surface area (Å²) in [6.45, 7) is -0.197. The average Bonchev–Trinajstić information content (AvgIpc) is 2.52. The molecule has 121 valence electrons. The van der Waals surface area contributed by atoms with Crippen molar-refractivity contribution in [3.05, 3.63) is 34.3 Å². The molecule has 0 saturated carbocycles. The summed E-state index contributed by atoms with van der Waals surface area (Å²) in [6.07, 6.45) is 1.89. The average molecular weight is 442 g/mol. The van der Waals surface area contributed by atoms with Crippen LogP contribution in [0, 0.1) is 0 Å². The van der Waals surface area contributed by atoms with Crippen molar-refractivity contribution in [2.75, 3.05) is 19.8 Å². The molecule has 0 atom stereocenters. The summed E-state index contributed by atoms with van der Waals surface area (Å²) < 4.78 is 18.8. The number of ether oxygens (including phenoxy) is 1. The smallest absolute Gasteiger partial charge is 0.0836 e. The Hall–Kier alpha value is -0.830. The van der Waals surface area contributed by atoms with Crippen molar-refractivity contribution in [3.63, 3.8) is 0 Å². The summed E-state index contributed by atoms with van der Waals surface area (Å²) in [4.78, 5) is 24.1. The molecule has 0 bridgehead atoms. The third-order valence-corrected chi connectivity index (χ3v) is 4.11. The standard InChI is InChI=1S/C15H18ClFNO3Te/c16-14-4-3-12(9-13(14)11-19)10-18(6-5-17)15(20)21-7-1-2-8-22/h3-4,9,11H,1-2,5-8,10H2. The molecule has 1 amide bonds. The Balaban J connectivity index is 2.66. The van der Waals surface area contributed by atoms with Gasteiger partial charge in [0.25, 0.3) is 0 Å². The van der Waals surface area contributed by atoms with E-state index < -0.39 is 12.8 Å². The van der Waals surface area contributed by atoms with Crippen LogP contribution < -0.4 is 0 Å². The van der Waals surface area contributed by atoms with Crippen LogP contribution in [0.4, 0.5) is 9.18 Å². The molecular formula is C15H18ClFNO3Te. The zero-order valence-corrected chi connectivity index (χ0v) is 15.2. The van der Waals surface area contributed by atoms with Gasteiger partial charge in [0.1, 0.15) is 0 Å². The second-order valence-electron chi connectivity index (χ2n) is 4.61. The summed E-state index contributed by atoms with van der Waals surface area (Å²) in [6, 6.07) is 4.87. The van der Waals surface area contributed by atoms with Gasteiger partial charge in [0.05, 0.1) is 0 Å². The van der Waals surface area contributed by atoms with Gasteiger partial charge in [0.2, 0.25) is 0 Å². The molecule has 1 radical (unpaired) electrons. The molecule has 0 aliphatic carbocycles. The molecular weight excluding hydrogens is 424 g/mol. The van der Waals surface area contributed by atoms with Crippen LogP contribution in [0.25, 0.3) is 0 Å². The van der Waals surface area contributed by atoms with Crippen molar-refractivity contribution < 1.29 is 18.7 Å². The van der Waals surface area contributed by atoms with Gasteiger partial charge in [-0.1, -0.05) is 11.6 Å². The fraction of sp³-hybridized carbons (Fsp3) is 0.467. The van der Waals surface area contributed by atoms with Crippen LogP contribution >= 0.6 is 11.6 Å². The topological polar surface area (TPSA) is 46.6 Å². The number of nitrogens with zero attached hydrogens (tertiary/aromatic N) is 1. The molecule has 0 aromatic heterocycles. The molecule has 22 heavy (non-hydrogen) atoms. The van der Waals surface area contributed by atoms with Crippen LogP contribution in [0.1, 0.15) is 28.8 Å². The van der Waals surface area contributed by atoms with Crippen LogP contribution in [0.5, 0.6) is 0 Å². The van der Waals surface area contributed by atoms with E-state index in [1.54, 1.807) is 18.2 Å². The number of unbranched alkanes of at least 4 members (excludes halogenated alkanes) is 1. The van der Waals surface area contributed by atoms with Crippen LogP contribution in [0.15, 0.2) is 18.2 Å². The van der Waals surface area contributed by atoms with E-state index in [9.17, 15) is 14.0 Å². The first-order valence-electron chi connectivity index (χ1n) is 6.91. The number of rotatable bonds is 9. The van der Waals surface area contributed by atoms with Crippen molar-refractivity contribution in [2.45, 2.75) is 23.9 Å². The van der Waals surface area contributed by atoms with Crippen molar-refractivity contribution in [3.8, 4) is 0 Å².